The molecule has 2 fully saturated rings. The van der Waals surface area contributed by atoms with Gasteiger partial charge in [0.2, 0.25) is 0 Å². The van der Waals surface area contributed by atoms with Gasteiger partial charge in [-0.05, 0) is 19.8 Å². The predicted octanol–water partition coefficient (Wildman–Crippen LogP) is 2.12. The van der Waals surface area contributed by atoms with Gasteiger partial charge in [0.1, 0.15) is 6.10 Å². The van der Waals surface area contributed by atoms with E-state index in [0.29, 0.717) is 18.3 Å². The van der Waals surface area contributed by atoms with Crippen molar-refractivity contribution in [3.8, 4) is 0 Å². The van der Waals surface area contributed by atoms with E-state index in [1.807, 2.05) is 0 Å². The fraction of sp³-hybridized carbons (Fsp3) is 1.00. The van der Waals surface area contributed by atoms with E-state index in [0.717, 1.165) is 6.61 Å². The molecule has 2 heteroatoms. The van der Waals surface area contributed by atoms with Crippen LogP contribution in [0.3, 0.4) is 0 Å². The van der Waals surface area contributed by atoms with Gasteiger partial charge >= 0.3 is 0 Å². The maximum atomic E-state index is 5.89. The minimum atomic E-state index is 0.327. The summed E-state index contributed by atoms with van der Waals surface area (Å²) in [7, 11) is 0. The topological polar surface area (TPSA) is 21.8 Å². The first kappa shape index (κ1) is 8.52. The van der Waals surface area contributed by atoms with E-state index in [1.54, 1.807) is 0 Å². The quantitative estimate of drug-likeness (QED) is 0.605. The maximum Gasteiger partial charge on any atom is 0.107 e. The lowest BCUT2D eigenvalue weighted by molar-refractivity contribution is -0.0322. The third-order valence-electron chi connectivity index (χ3n) is 2.84. The molecule has 1 saturated heterocycles. The summed E-state index contributed by atoms with van der Waals surface area (Å²) < 4.78 is 11.1. The van der Waals surface area contributed by atoms with Crippen molar-refractivity contribution >= 4 is 0 Å². The zero-order valence-electron chi connectivity index (χ0n) is 7.79. The van der Waals surface area contributed by atoms with Crippen LogP contribution in [0.5, 0.6) is 0 Å². The smallest absolute Gasteiger partial charge is 0.107 e. The van der Waals surface area contributed by atoms with Gasteiger partial charge in [-0.15, -0.1) is 0 Å². The van der Waals surface area contributed by atoms with E-state index in [4.69, 9.17) is 9.47 Å². The Balaban J connectivity index is 1.69. The Bertz CT molecular complexity index is 137. The second-order valence-corrected chi connectivity index (χ2v) is 3.97. The van der Waals surface area contributed by atoms with Crippen molar-refractivity contribution in [3.63, 3.8) is 0 Å². The van der Waals surface area contributed by atoms with Gasteiger partial charge in [0.05, 0.1) is 18.8 Å². The lowest BCUT2D eigenvalue weighted by atomic mass is 9.97. The average Bonchev–Trinajstić information content (AvgIpc) is 2.88. The van der Waals surface area contributed by atoms with Crippen LogP contribution in [0, 0.1) is 0 Å². The van der Waals surface area contributed by atoms with Gasteiger partial charge in [-0.2, -0.15) is 0 Å². The molecule has 0 radical (unpaired) electrons. The molecular formula is C10H18O2. The molecule has 0 bridgehead atoms. The van der Waals surface area contributed by atoms with Crippen molar-refractivity contribution < 1.29 is 9.47 Å². The molecule has 1 aliphatic heterocycles. The Kier molecular flexibility index (Phi) is 2.66. The first-order chi connectivity index (χ1) is 5.86. The molecule has 2 aliphatic rings. The zero-order chi connectivity index (χ0) is 8.39. The van der Waals surface area contributed by atoms with Gasteiger partial charge in [0.25, 0.3) is 0 Å². The standard InChI is InChI=1S/C10H18O2/c1-8(10-7-11-10)12-9-5-3-2-4-6-9/h8-10H,2-7H2,1H3/t8-,10-/m0/s1. The van der Waals surface area contributed by atoms with Crippen LogP contribution in [0.1, 0.15) is 39.0 Å². The van der Waals surface area contributed by atoms with Gasteiger partial charge in [-0.25, -0.2) is 0 Å². The van der Waals surface area contributed by atoms with Crippen LogP contribution in [0.15, 0.2) is 0 Å². The Hall–Kier alpha value is -0.0800. The van der Waals surface area contributed by atoms with Gasteiger partial charge in [-0.3, -0.25) is 0 Å². The molecule has 2 rings (SSSR count). The van der Waals surface area contributed by atoms with Crippen LogP contribution in [-0.4, -0.2) is 24.9 Å². The van der Waals surface area contributed by atoms with Crippen molar-refractivity contribution in [2.45, 2.75) is 57.3 Å². The van der Waals surface area contributed by atoms with Crippen molar-refractivity contribution in [1.29, 1.82) is 0 Å². The third kappa shape index (κ3) is 2.20. The van der Waals surface area contributed by atoms with E-state index in [2.05, 4.69) is 6.92 Å². The van der Waals surface area contributed by atoms with Crippen molar-refractivity contribution in [2.75, 3.05) is 6.61 Å². The maximum absolute atomic E-state index is 5.89. The number of hydrogen-bond acceptors (Lipinski definition) is 2. The Labute approximate surface area is 74.2 Å². The lowest BCUT2D eigenvalue weighted by Crippen LogP contribution is -2.25. The normalized spacial score (nSPS) is 33.2. The summed E-state index contributed by atoms with van der Waals surface area (Å²) >= 11 is 0. The van der Waals surface area contributed by atoms with Crippen LogP contribution in [0.25, 0.3) is 0 Å². The molecule has 0 aromatic heterocycles. The van der Waals surface area contributed by atoms with E-state index in [1.165, 1.54) is 32.1 Å². The average molecular weight is 170 g/mol. The van der Waals surface area contributed by atoms with E-state index < -0.39 is 0 Å². The highest BCUT2D eigenvalue weighted by molar-refractivity contribution is 4.78. The van der Waals surface area contributed by atoms with Crippen molar-refractivity contribution in [1.82, 2.24) is 0 Å². The van der Waals surface area contributed by atoms with Gasteiger partial charge in [0.15, 0.2) is 0 Å². The molecule has 0 unspecified atom stereocenters. The van der Waals surface area contributed by atoms with E-state index in [-0.39, 0.29) is 0 Å². The largest absolute Gasteiger partial charge is 0.372 e. The summed E-state index contributed by atoms with van der Waals surface area (Å²) in [5, 5.41) is 0. The molecule has 0 amide bonds. The fourth-order valence-corrected chi connectivity index (χ4v) is 1.92. The Morgan fingerprint density at radius 1 is 1.25 bits per heavy atom. The summed E-state index contributed by atoms with van der Waals surface area (Å²) in [4.78, 5) is 0. The SMILES string of the molecule is C[C@H](OC1CCCCC1)[C@@H]1CO1. The second kappa shape index (κ2) is 3.75. The van der Waals surface area contributed by atoms with Gasteiger partial charge in [0, 0.05) is 0 Å². The number of epoxide rings is 1. The minimum Gasteiger partial charge on any atom is -0.372 e. The monoisotopic (exact) mass is 170 g/mol. The molecule has 2 atom stereocenters. The summed E-state index contributed by atoms with van der Waals surface area (Å²) in [5.41, 5.74) is 0. The Morgan fingerprint density at radius 3 is 2.50 bits per heavy atom. The third-order valence-corrected chi connectivity index (χ3v) is 2.84. The molecule has 0 N–H and O–H groups in total. The molecule has 0 aromatic carbocycles. The van der Waals surface area contributed by atoms with Crippen LogP contribution in [-0.2, 0) is 9.47 Å². The van der Waals surface area contributed by atoms with Crippen molar-refractivity contribution in [3.05, 3.63) is 0 Å². The number of hydrogen-bond donors (Lipinski definition) is 0. The molecule has 12 heavy (non-hydrogen) atoms. The van der Waals surface area contributed by atoms with Crippen molar-refractivity contribution in [2.24, 2.45) is 0 Å². The van der Waals surface area contributed by atoms with E-state index >= 15 is 0 Å². The molecule has 1 saturated carbocycles. The first-order valence-corrected chi connectivity index (χ1v) is 5.13. The predicted molar refractivity (Wildman–Crippen MR) is 47.2 cm³/mol. The first-order valence-electron chi connectivity index (χ1n) is 5.13. The molecule has 1 heterocycles. The fourth-order valence-electron chi connectivity index (χ4n) is 1.92. The van der Waals surface area contributed by atoms with Gasteiger partial charge < -0.3 is 9.47 Å². The summed E-state index contributed by atoms with van der Waals surface area (Å²) in [6.07, 6.45) is 7.88. The molecular weight excluding hydrogens is 152 g/mol. The highest BCUT2D eigenvalue weighted by atomic mass is 16.6. The van der Waals surface area contributed by atoms with Crippen LogP contribution in [0.4, 0.5) is 0 Å². The zero-order valence-corrected chi connectivity index (χ0v) is 7.79. The van der Waals surface area contributed by atoms with Gasteiger partial charge in [-0.1, -0.05) is 19.3 Å². The van der Waals surface area contributed by atoms with Crippen LogP contribution >= 0.6 is 0 Å². The second-order valence-electron chi connectivity index (χ2n) is 3.97. The minimum absolute atomic E-state index is 0.327. The number of rotatable bonds is 3. The summed E-state index contributed by atoms with van der Waals surface area (Å²) in [6.45, 7) is 3.04. The van der Waals surface area contributed by atoms with E-state index in [9.17, 15) is 0 Å². The van der Waals surface area contributed by atoms with Crippen LogP contribution in [0.2, 0.25) is 0 Å². The summed E-state index contributed by atoms with van der Waals surface area (Å²) in [5.74, 6) is 0. The highest BCUT2D eigenvalue weighted by Crippen LogP contribution is 2.25. The highest BCUT2D eigenvalue weighted by Gasteiger charge is 2.32. The molecule has 2 nitrogen and oxygen atoms in total. The lowest BCUT2D eigenvalue weighted by Gasteiger charge is -2.24. The molecule has 0 aromatic rings. The number of ether oxygens (including phenoxy) is 2. The molecule has 1 aliphatic carbocycles. The summed E-state index contributed by atoms with van der Waals surface area (Å²) in [6, 6.07) is 0. The molecule has 0 spiro atoms. The van der Waals surface area contributed by atoms with Crippen LogP contribution < -0.4 is 0 Å². The molecule has 70 valence electrons. The Morgan fingerprint density at radius 2 is 1.92 bits per heavy atom.